The van der Waals surface area contributed by atoms with Gasteiger partial charge >= 0.3 is 5.69 Å². The van der Waals surface area contributed by atoms with Crippen LogP contribution in [-0.2, 0) is 6.42 Å². The van der Waals surface area contributed by atoms with Crippen LogP contribution in [0.2, 0.25) is 0 Å². The third kappa shape index (κ3) is 2.40. The fourth-order valence-electron chi connectivity index (χ4n) is 2.17. The zero-order valence-corrected chi connectivity index (χ0v) is 11.1. The molecule has 0 saturated heterocycles. The van der Waals surface area contributed by atoms with Gasteiger partial charge < -0.3 is 5.32 Å². The molecule has 2 heterocycles. The average Bonchev–Trinajstić information content (AvgIpc) is 2.82. The third-order valence-corrected chi connectivity index (χ3v) is 3.13. The minimum Gasteiger partial charge on any atom is -0.370 e. The molecule has 0 spiro atoms. The molecule has 0 radical (unpaired) electrons. The number of fused-ring (bicyclic) bond motifs is 1. The SMILES string of the molecule is Cc1nc(NCCc2ccccc2)cc2n[nH]c(=O)n12. The van der Waals surface area contributed by atoms with Crippen LogP contribution in [0.15, 0.2) is 41.2 Å². The second-order valence-electron chi connectivity index (χ2n) is 4.57. The van der Waals surface area contributed by atoms with Crippen LogP contribution in [0.5, 0.6) is 0 Å². The summed E-state index contributed by atoms with van der Waals surface area (Å²) in [6.45, 7) is 2.56. The number of nitrogens with zero attached hydrogens (tertiary/aromatic N) is 3. The Labute approximate surface area is 115 Å². The number of rotatable bonds is 4. The number of anilines is 1. The fourth-order valence-corrected chi connectivity index (χ4v) is 2.17. The van der Waals surface area contributed by atoms with Gasteiger partial charge in [0.15, 0.2) is 5.65 Å². The van der Waals surface area contributed by atoms with Crippen LogP contribution >= 0.6 is 0 Å². The standard InChI is InChI=1S/C14H15N5O/c1-10-16-12(9-13-17-18-14(20)19(10)13)15-8-7-11-5-3-2-4-6-11/h2-6,9,15H,7-8H2,1H3,(H,18,20). The third-order valence-electron chi connectivity index (χ3n) is 3.13. The van der Waals surface area contributed by atoms with E-state index in [9.17, 15) is 4.79 Å². The monoisotopic (exact) mass is 269 g/mol. The highest BCUT2D eigenvalue weighted by Gasteiger charge is 2.06. The quantitative estimate of drug-likeness (QED) is 0.750. The number of nitrogens with one attached hydrogen (secondary N) is 2. The molecular formula is C14H15N5O. The molecule has 2 N–H and O–H groups in total. The first-order valence-electron chi connectivity index (χ1n) is 6.46. The van der Waals surface area contributed by atoms with E-state index in [0.717, 1.165) is 18.8 Å². The number of aryl methyl sites for hydroxylation is 1. The van der Waals surface area contributed by atoms with Crippen molar-refractivity contribution in [2.45, 2.75) is 13.3 Å². The topological polar surface area (TPSA) is 75.1 Å². The number of hydrogen-bond acceptors (Lipinski definition) is 4. The van der Waals surface area contributed by atoms with Gasteiger partial charge in [-0.25, -0.2) is 19.3 Å². The van der Waals surface area contributed by atoms with Gasteiger partial charge in [0.2, 0.25) is 0 Å². The van der Waals surface area contributed by atoms with Crippen LogP contribution in [0, 0.1) is 6.92 Å². The van der Waals surface area contributed by atoms with E-state index in [1.807, 2.05) is 18.2 Å². The Morgan fingerprint density at radius 3 is 2.90 bits per heavy atom. The molecule has 6 heteroatoms. The van der Waals surface area contributed by atoms with E-state index in [2.05, 4.69) is 32.6 Å². The van der Waals surface area contributed by atoms with E-state index in [1.54, 1.807) is 13.0 Å². The van der Waals surface area contributed by atoms with Gasteiger partial charge in [0.05, 0.1) is 0 Å². The zero-order valence-electron chi connectivity index (χ0n) is 11.1. The second-order valence-corrected chi connectivity index (χ2v) is 4.57. The number of benzene rings is 1. The van der Waals surface area contributed by atoms with Crippen LogP contribution in [0.25, 0.3) is 5.65 Å². The molecule has 20 heavy (non-hydrogen) atoms. The first-order chi connectivity index (χ1) is 9.74. The van der Waals surface area contributed by atoms with Crippen molar-refractivity contribution in [1.82, 2.24) is 19.6 Å². The Morgan fingerprint density at radius 1 is 1.30 bits per heavy atom. The largest absolute Gasteiger partial charge is 0.370 e. The smallest absolute Gasteiger partial charge is 0.349 e. The summed E-state index contributed by atoms with van der Waals surface area (Å²) in [7, 11) is 0. The maximum atomic E-state index is 11.5. The Kier molecular flexibility index (Phi) is 3.20. The molecule has 0 amide bonds. The summed E-state index contributed by atoms with van der Waals surface area (Å²) < 4.78 is 1.45. The molecule has 0 bridgehead atoms. The minimum absolute atomic E-state index is 0.263. The molecule has 1 aromatic carbocycles. The molecule has 3 rings (SSSR count). The highest BCUT2D eigenvalue weighted by Crippen LogP contribution is 2.08. The van der Waals surface area contributed by atoms with Gasteiger partial charge in [0.25, 0.3) is 0 Å². The number of H-pyrrole nitrogens is 1. The van der Waals surface area contributed by atoms with Gasteiger partial charge in [0, 0.05) is 12.6 Å². The van der Waals surface area contributed by atoms with Crippen LogP contribution in [0.3, 0.4) is 0 Å². The summed E-state index contributed by atoms with van der Waals surface area (Å²) in [5, 5.41) is 9.62. The Bertz CT molecular complexity index is 775. The first kappa shape index (κ1) is 12.4. The molecular weight excluding hydrogens is 254 g/mol. The van der Waals surface area contributed by atoms with Crippen LogP contribution in [-0.4, -0.2) is 26.1 Å². The summed E-state index contributed by atoms with van der Waals surface area (Å²) in [6, 6.07) is 12.0. The highest BCUT2D eigenvalue weighted by atomic mass is 16.1. The maximum Gasteiger partial charge on any atom is 0.349 e. The fraction of sp³-hybridized carbons (Fsp3) is 0.214. The van der Waals surface area contributed by atoms with Crippen molar-refractivity contribution in [3.63, 3.8) is 0 Å². The molecule has 0 atom stereocenters. The molecule has 0 aliphatic rings. The number of aromatic amines is 1. The predicted molar refractivity (Wildman–Crippen MR) is 77.0 cm³/mol. The highest BCUT2D eigenvalue weighted by molar-refractivity contribution is 5.49. The molecule has 6 nitrogen and oxygen atoms in total. The van der Waals surface area contributed by atoms with Crippen molar-refractivity contribution in [3.05, 3.63) is 58.3 Å². The Morgan fingerprint density at radius 2 is 2.10 bits per heavy atom. The number of aromatic nitrogens is 4. The van der Waals surface area contributed by atoms with Gasteiger partial charge in [-0.15, -0.1) is 0 Å². The van der Waals surface area contributed by atoms with E-state index >= 15 is 0 Å². The Balaban J connectivity index is 1.73. The van der Waals surface area contributed by atoms with Crippen molar-refractivity contribution >= 4 is 11.5 Å². The van der Waals surface area contributed by atoms with Crippen molar-refractivity contribution in [2.75, 3.05) is 11.9 Å². The van der Waals surface area contributed by atoms with Gasteiger partial charge in [0.1, 0.15) is 11.6 Å². The van der Waals surface area contributed by atoms with Gasteiger partial charge in [-0.05, 0) is 18.9 Å². The molecule has 3 aromatic rings. The van der Waals surface area contributed by atoms with Crippen LogP contribution < -0.4 is 11.0 Å². The van der Waals surface area contributed by atoms with Gasteiger partial charge in [-0.2, -0.15) is 5.10 Å². The van der Waals surface area contributed by atoms with E-state index in [1.165, 1.54) is 9.96 Å². The number of hydrogen-bond donors (Lipinski definition) is 2. The summed E-state index contributed by atoms with van der Waals surface area (Å²) in [5.41, 5.74) is 1.58. The zero-order chi connectivity index (χ0) is 13.9. The van der Waals surface area contributed by atoms with E-state index in [4.69, 9.17) is 0 Å². The molecule has 0 saturated carbocycles. The van der Waals surface area contributed by atoms with E-state index < -0.39 is 0 Å². The summed E-state index contributed by atoms with van der Waals surface area (Å²) >= 11 is 0. The summed E-state index contributed by atoms with van der Waals surface area (Å²) in [6.07, 6.45) is 0.917. The molecule has 0 fully saturated rings. The maximum absolute atomic E-state index is 11.5. The van der Waals surface area contributed by atoms with E-state index in [0.29, 0.717) is 11.5 Å². The lowest BCUT2D eigenvalue weighted by molar-refractivity contribution is 0.925. The van der Waals surface area contributed by atoms with Gasteiger partial charge in [-0.1, -0.05) is 30.3 Å². The molecule has 0 aliphatic heterocycles. The van der Waals surface area contributed by atoms with Crippen LogP contribution in [0.1, 0.15) is 11.4 Å². The molecule has 2 aromatic heterocycles. The summed E-state index contributed by atoms with van der Waals surface area (Å²) in [4.78, 5) is 15.9. The summed E-state index contributed by atoms with van der Waals surface area (Å²) in [5.74, 6) is 1.34. The van der Waals surface area contributed by atoms with E-state index in [-0.39, 0.29) is 5.69 Å². The first-order valence-corrected chi connectivity index (χ1v) is 6.46. The minimum atomic E-state index is -0.263. The van der Waals surface area contributed by atoms with Gasteiger partial charge in [-0.3, -0.25) is 0 Å². The van der Waals surface area contributed by atoms with Crippen molar-refractivity contribution in [1.29, 1.82) is 0 Å². The van der Waals surface area contributed by atoms with Crippen LogP contribution in [0.4, 0.5) is 5.82 Å². The lowest BCUT2D eigenvalue weighted by atomic mass is 10.1. The second kappa shape index (κ2) is 5.16. The Hall–Kier alpha value is -2.63. The van der Waals surface area contributed by atoms with Crippen molar-refractivity contribution in [3.8, 4) is 0 Å². The lowest BCUT2D eigenvalue weighted by Gasteiger charge is -2.07. The molecule has 102 valence electrons. The molecule has 0 aliphatic carbocycles. The van der Waals surface area contributed by atoms with Crippen molar-refractivity contribution in [2.24, 2.45) is 0 Å². The van der Waals surface area contributed by atoms with Crippen molar-refractivity contribution < 1.29 is 0 Å². The normalized spacial score (nSPS) is 10.8. The predicted octanol–water partition coefficient (Wildman–Crippen LogP) is 1.38. The average molecular weight is 269 g/mol. The lowest BCUT2D eigenvalue weighted by Crippen LogP contribution is -2.14. The molecule has 0 unspecified atom stereocenters.